The van der Waals surface area contributed by atoms with Crippen molar-refractivity contribution < 1.29 is 9.59 Å². The zero-order chi connectivity index (χ0) is 15.0. The van der Waals surface area contributed by atoms with Crippen molar-refractivity contribution in [1.82, 2.24) is 10.2 Å². The number of hydrogen-bond acceptors (Lipinski definition) is 3. The lowest BCUT2D eigenvalue weighted by Crippen LogP contribution is -2.40. The highest BCUT2D eigenvalue weighted by Gasteiger charge is 2.51. The zero-order valence-electron chi connectivity index (χ0n) is 12.6. The second kappa shape index (κ2) is 5.44. The van der Waals surface area contributed by atoms with Gasteiger partial charge in [-0.25, -0.2) is 0 Å². The van der Waals surface area contributed by atoms with E-state index in [-0.39, 0.29) is 23.1 Å². The van der Waals surface area contributed by atoms with Crippen molar-refractivity contribution in [2.24, 2.45) is 11.3 Å². The molecular weight excluding hydrogens is 284 g/mol. The van der Waals surface area contributed by atoms with Crippen molar-refractivity contribution in [3.8, 4) is 0 Å². The Morgan fingerprint density at radius 2 is 2.24 bits per heavy atom. The maximum atomic E-state index is 12.6. The van der Waals surface area contributed by atoms with Gasteiger partial charge in [-0.1, -0.05) is 6.42 Å². The summed E-state index contributed by atoms with van der Waals surface area (Å²) in [6.07, 6.45) is 4.08. The van der Waals surface area contributed by atoms with Crippen LogP contribution in [-0.4, -0.2) is 36.9 Å². The van der Waals surface area contributed by atoms with Crippen LogP contribution in [0.3, 0.4) is 0 Å². The summed E-state index contributed by atoms with van der Waals surface area (Å²) in [5.74, 6) is 0.352. The Bertz CT molecular complexity index is 568. The molecule has 0 bridgehead atoms. The summed E-state index contributed by atoms with van der Waals surface area (Å²) in [4.78, 5) is 27.8. The molecule has 2 amide bonds. The van der Waals surface area contributed by atoms with Gasteiger partial charge < -0.3 is 10.2 Å². The molecule has 1 saturated heterocycles. The topological polar surface area (TPSA) is 49.4 Å². The predicted octanol–water partition coefficient (Wildman–Crippen LogP) is 2.43. The molecular formula is C16H22N2O2S. The Balaban J connectivity index is 1.77. The number of carbonyl (C=O) groups excluding carboxylic acids is 2. The van der Waals surface area contributed by atoms with Gasteiger partial charge in [-0.15, -0.1) is 11.3 Å². The van der Waals surface area contributed by atoms with Gasteiger partial charge in [-0.2, -0.15) is 0 Å². The first-order chi connectivity index (χ1) is 10.1. The standard InChI is InChI=1S/C16H22N2O2S/c1-11-12(5-9-21-11)15(20)18-8-7-16(10-18)6-3-4-13(16)14(19)17-2/h5,9,13H,3-4,6-8,10H2,1-2H3,(H,17,19)/t13-,16-/m1/s1. The second-order valence-electron chi connectivity index (χ2n) is 6.29. The lowest BCUT2D eigenvalue weighted by atomic mass is 9.76. The summed E-state index contributed by atoms with van der Waals surface area (Å²) < 4.78 is 0. The van der Waals surface area contributed by atoms with Crippen LogP contribution in [0.25, 0.3) is 0 Å². The summed E-state index contributed by atoms with van der Waals surface area (Å²) in [6, 6.07) is 1.91. The molecule has 0 radical (unpaired) electrons. The van der Waals surface area contributed by atoms with Crippen LogP contribution in [0, 0.1) is 18.3 Å². The number of nitrogens with one attached hydrogen (secondary N) is 1. The van der Waals surface area contributed by atoms with Crippen molar-refractivity contribution >= 4 is 23.2 Å². The molecule has 1 aromatic heterocycles. The monoisotopic (exact) mass is 306 g/mol. The smallest absolute Gasteiger partial charge is 0.254 e. The largest absolute Gasteiger partial charge is 0.359 e. The number of aryl methyl sites for hydroxylation is 1. The maximum Gasteiger partial charge on any atom is 0.254 e. The van der Waals surface area contributed by atoms with Gasteiger partial charge in [-0.3, -0.25) is 9.59 Å². The fourth-order valence-electron chi connectivity index (χ4n) is 4.06. The highest BCUT2D eigenvalue weighted by molar-refractivity contribution is 7.10. The maximum absolute atomic E-state index is 12.6. The fraction of sp³-hybridized carbons (Fsp3) is 0.625. The Hall–Kier alpha value is -1.36. The van der Waals surface area contributed by atoms with E-state index < -0.39 is 0 Å². The molecule has 0 unspecified atom stereocenters. The molecule has 3 rings (SSSR count). The normalized spacial score (nSPS) is 28.3. The molecule has 4 nitrogen and oxygen atoms in total. The van der Waals surface area contributed by atoms with Gasteiger partial charge in [0.05, 0.1) is 5.56 Å². The molecule has 114 valence electrons. The number of likely N-dealkylation sites (tertiary alicyclic amines) is 1. The molecule has 1 aliphatic heterocycles. The fourth-order valence-corrected chi connectivity index (χ4v) is 4.75. The first-order valence-electron chi connectivity index (χ1n) is 7.62. The van der Waals surface area contributed by atoms with Crippen LogP contribution >= 0.6 is 11.3 Å². The molecule has 2 aliphatic rings. The molecule has 2 heterocycles. The van der Waals surface area contributed by atoms with Crippen LogP contribution in [0.15, 0.2) is 11.4 Å². The summed E-state index contributed by atoms with van der Waals surface area (Å²) in [6.45, 7) is 3.51. The minimum absolute atomic E-state index is 0.0136. The van der Waals surface area contributed by atoms with Crippen LogP contribution in [-0.2, 0) is 4.79 Å². The van der Waals surface area contributed by atoms with E-state index in [1.807, 2.05) is 23.3 Å². The molecule has 1 aromatic rings. The molecule has 2 fully saturated rings. The number of amides is 2. The number of nitrogens with zero attached hydrogens (tertiary/aromatic N) is 1. The van der Waals surface area contributed by atoms with Crippen LogP contribution in [0.4, 0.5) is 0 Å². The molecule has 2 atom stereocenters. The Morgan fingerprint density at radius 3 is 2.90 bits per heavy atom. The van der Waals surface area contributed by atoms with Gasteiger partial charge >= 0.3 is 0 Å². The lowest BCUT2D eigenvalue weighted by molar-refractivity contribution is -0.127. The Labute approximate surface area is 129 Å². The van der Waals surface area contributed by atoms with Gasteiger partial charge in [0.25, 0.3) is 5.91 Å². The number of rotatable bonds is 2. The van der Waals surface area contributed by atoms with E-state index in [1.54, 1.807) is 18.4 Å². The highest BCUT2D eigenvalue weighted by atomic mass is 32.1. The molecule has 1 N–H and O–H groups in total. The minimum atomic E-state index is 0.0136. The summed E-state index contributed by atoms with van der Waals surface area (Å²) in [5, 5.41) is 4.77. The predicted molar refractivity (Wildman–Crippen MR) is 83.4 cm³/mol. The number of carbonyl (C=O) groups is 2. The van der Waals surface area contributed by atoms with Crippen molar-refractivity contribution in [1.29, 1.82) is 0 Å². The number of hydrogen-bond donors (Lipinski definition) is 1. The minimum Gasteiger partial charge on any atom is -0.359 e. The molecule has 1 spiro atoms. The van der Waals surface area contributed by atoms with Crippen molar-refractivity contribution in [3.05, 3.63) is 21.9 Å². The third-order valence-electron chi connectivity index (χ3n) is 5.23. The van der Waals surface area contributed by atoms with Crippen LogP contribution in [0.5, 0.6) is 0 Å². The van der Waals surface area contributed by atoms with Crippen LogP contribution < -0.4 is 5.32 Å². The molecule has 1 saturated carbocycles. The van der Waals surface area contributed by atoms with Crippen LogP contribution in [0.2, 0.25) is 0 Å². The first kappa shape index (κ1) is 14.6. The van der Waals surface area contributed by atoms with Gasteiger partial charge in [0, 0.05) is 36.3 Å². The molecule has 21 heavy (non-hydrogen) atoms. The Kier molecular flexibility index (Phi) is 3.78. The second-order valence-corrected chi connectivity index (χ2v) is 7.41. The van der Waals surface area contributed by atoms with E-state index in [0.29, 0.717) is 0 Å². The quantitative estimate of drug-likeness (QED) is 0.912. The average molecular weight is 306 g/mol. The van der Waals surface area contributed by atoms with E-state index in [2.05, 4.69) is 5.32 Å². The zero-order valence-corrected chi connectivity index (χ0v) is 13.5. The van der Waals surface area contributed by atoms with E-state index >= 15 is 0 Å². The van der Waals surface area contributed by atoms with Gasteiger partial charge in [0.1, 0.15) is 0 Å². The molecule has 0 aromatic carbocycles. The van der Waals surface area contributed by atoms with Gasteiger partial charge in [0.15, 0.2) is 0 Å². The average Bonchev–Trinajstić information content (AvgIpc) is 3.19. The van der Waals surface area contributed by atoms with Crippen molar-refractivity contribution in [2.75, 3.05) is 20.1 Å². The highest BCUT2D eigenvalue weighted by Crippen LogP contribution is 2.50. The lowest BCUT2D eigenvalue weighted by Gasteiger charge is -2.30. The number of thiophene rings is 1. The van der Waals surface area contributed by atoms with Crippen molar-refractivity contribution in [3.63, 3.8) is 0 Å². The van der Waals surface area contributed by atoms with Gasteiger partial charge in [-0.05, 0) is 37.6 Å². The first-order valence-corrected chi connectivity index (χ1v) is 8.50. The Morgan fingerprint density at radius 1 is 1.43 bits per heavy atom. The van der Waals surface area contributed by atoms with Gasteiger partial charge in [0.2, 0.25) is 5.91 Å². The van der Waals surface area contributed by atoms with Crippen molar-refractivity contribution in [2.45, 2.75) is 32.6 Å². The van der Waals surface area contributed by atoms with E-state index in [1.165, 1.54) is 0 Å². The third kappa shape index (κ3) is 2.37. The van der Waals surface area contributed by atoms with E-state index in [0.717, 1.165) is 49.2 Å². The van der Waals surface area contributed by atoms with E-state index in [9.17, 15) is 9.59 Å². The summed E-state index contributed by atoms with van der Waals surface area (Å²) in [7, 11) is 1.71. The summed E-state index contributed by atoms with van der Waals surface area (Å²) in [5.41, 5.74) is 0.839. The van der Waals surface area contributed by atoms with E-state index in [4.69, 9.17) is 0 Å². The third-order valence-corrected chi connectivity index (χ3v) is 6.08. The molecule has 1 aliphatic carbocycles. The summed E-state index contributed by atoms with van der Waals surface area (Å²) >= 11 is 1.61. The SMILES string of the molecule is CNC(=O)[C@H]1CCC[C@]12CCN(C(=O)c1ccsc1C)C2. The van der Waals surface area contributed by atoms with Crippen LogP contribution in [0.1, 0.15) is 40.9 Å². The molecule has 5 heteroatoms.